The summed E-state index contributed by atoms with van der Waals surface area (Å²) in [6.07, 6.45) is 0.756. The van der Waals surface area contributed by atoms with Crippen LogP contribution in [0, 0.1) is 6.92 Å². The lowest BCUT2D eigenvalue weighted by Crippen LogP contribution is -2.16. The maximum absolute atomic E-state index is 12.4. The van der Waals surface area contributed by atoms with E-state index < -0.39 is 0 Å². The molecule has 2 aromatic carbocycles. The van der Waals surface area contributed by atoms with Crippen molar-refractivity contribution < 1.29 is 9.53 Å². The van der Waals surface area contributed by atoms with E-state index >= 15 is 0 Å². The van der Waals surface area contributed by atoms with Gasteiger partial charge in [0.1, 0.15) is 17.4 Å². The molecule has 0 aliphatic heterocycles. The van der Waals surface area contributed by atoms with E-state index in [-0.39, 0.29) is 18.1 Å². The van der Waals surface area contributed by atoms with Gasteiger partial charge in [0.2, 0.25) is 4.96 Å². The number of nitrogens with zero attached hydrogens (tertiary/aromatic N) is 3. The van der Waals surface area contributed by atoms with Crippen LogP contribution in [-0.4, -0.2) is 20.5 Å². The third-order valence-corrected chi connectivity index (χ3v) is 5.58. The minimum absolute atomic E-state index is 0.157. The molecule has 0 aliphatic carbocycles. The Morgan fingerprint density at radius 1 is 1.17 bits per heavy atom. The van der Waals surface area contributed by atoms with Crippen molar-refractivity contribution in [3.05, 3.63) is 86.8 Å². The molecule has 0 atom stereocenters. The lowest BCUT2D eigenvalue weighted by Gasteiger charge is -2.09. The number of aryl methyl sites for hydroxylation is 2. The van der Waals surface area contributed by atoms with E-state index in [2.05, 4.69) is 15.4 Å². The summed E-state index contributed by atoms with van der Waals surface area (Å²) in [4.78, 5) is 29.6. The summed E-state index contributed by atoms with van der Waals surface area (Å²) in [5, 5.41) is 7.98. The highest BCUT2D eigenvalue weighted by atomic mass is 32.1. The third kappa shape index (κ3) is 4.23. The van der Waals surface area contributed by atoms with Gasteiger partial charge in [0.15, 0.2) is 0 Å². The smallest absolute Gasteiger partial charge is 0.275 e. The Morgan fingerprint density at radius 2 is 1.93 bits per heavy atom. The molecule has 0 unspecified atom stereocenters. The van der Waals surface area contributed by atoms with Crippen molar-refractivity contribution in [2.75, 3.05) is 5.32 Å². The fourth-order valence-electron chi connectivity index (χ4n) is 2.93. The zero-order valence-corrected chi connectivity index (χ0v) is 17.4. The van der Waals surface area contributed by atoms with Crippen LogP contribution < -0.4 is 15.6 Å². The van der Waals surface area contributed by atoms with Crippen LogP contribution in [0.3, 0.4) is 0 Å². The fraction of sp³-hybridized carbons (Fsp3) is 0.182. The Hall–Kier alpha value is -3.52. The highest BCUT2D eigenvalue weighted by Crippen LogP contribution is 2.19. The molecule has 4 aromatic rings. The van der Waals surface area contributed by atoms with Crippen LogP contribution in [0.5, 0.6) is 5.75 Å². The van der Waals surface area contributed by atoms with Gasteiger partial charge in [0, 0.05) is 17.3 Å². The molecule has 2 heterocycles. The second kappa shape index (κ2) is 8.46. The summed E-state index contributed by atoms with van der Waals surface area (Å²) in [5.41, 5.74) is 2.56. The fourth-order valence-corrected chi connectivity index (χ4v) is 3.79. The van der Waals surface area contributed by atoms with Crippen molar-refractivity contribution in [3.8, 4) is 5.75 Å². The van der Waals surface area contributed by atoms with Gasteiger partial charge in [-0.1, -0.05) is 36.5 Å². The molecule has 4 rings (SSSR count). The monoisotopic (exact) mass is 420 g/mol. The van der Waals surface area contributed by atoms with Crippen LogP contribution in [0.15, 0.2) is 59.4 Å². The standard InChI is InChI=1S/C22H20N4O3S/c1-3-19-25-26-20(27)12-16(24-22(26)30-19)13-29-17-10-8-15(9-11-17)23-21(28)18-7-5-4-6-14(18)2/h4-12H,3,13H2,1-2H3,(H,23,28). The number of ether oxygens (including phenoxy) is 1. The Kier molecular flexibility index (Phi) is 5.58. The maximum atomic E-state index is 12.4. The van der Waals surface area contributed by atoms with Gasteiger partial charge in [-0.2, -0.15) is 9.61 Å². The Bertz CT molecular complexity index is 1260. The topological polar surface area (TPSA) is 85.6 Å². The van der Waals surface area contributed by atoms with Crippen LogP contribution >= 0.6 is 11.3 Å². The van der Waals surface area contributed by atoms with Gasteiger partial charge in [0.05, 0.1) is 5.69 Å². The zero-order valence-electron chi connectivity index (χ0n) is 16.6. The van der Waals surface area contributed by atoms with E-state index in [1.54, 1.807) is 30.3 Å². The van der Waals surface area contributed by atoms with Gasteiger partial charge >= 0.3 is 0 Å². The normalized spacial score (nSPS) is 10.9. The van der Waals surface area contributed by atoms with Crippen LogP contribution in [0.25, 0.3) is 4.96 Å². The maximum Gasteiger partial charge on any atom is 0.275 e. The number of rotatable bonds is 6. The minimum atomic E-state index is -0.219. The number of amides is 1. The molecule has 7 nitrogen and oxygen atoms in total. The molecule has 1 amide bonds. The van der Waals surface area contributed by atoms with Crippen LogP contribution in [0.2, 0.25) is 0 Å². The number of hydrogen-bond acceptors (Lipinski definition) is 6. The van der Waals surface area contributed by atoms with Gasteiger partial charge in [0.25, 0.3) is 11.5 Å². The molecule has 8 heteroatoms. The van der Waals surface area contributed by atoms with Gasteiger partial charge in [-0.25, -0.2) is 4.98 Å². The summed E-state index contributed by atoms with van der Waals surface area (Å²) in [5.74, 6) is 0.459. The molecule has 0 fully saturated rings. The molecular formula is C22H20N4O3S. The summed E-state index contributed by atoms with van der Waals surface area (Å²) < 4.78 is 7.07. The molecule has 0 radical (unpaired) electrons. The van der Waals surface area contributed by atoms with Crippen molar-refractivity contribution in [3.63, 3.8) is 0 Å². The van der Waals surface area contributed by atoms with E-state index in [0.29, 0.717) is 27.7 Å². The first-order valence-corrected chi connectivity index (χ1v) is 10.3. The lowest BCUT2D eigenvalue weighted by atomic mass is 10.1. The van der Waals surface area contributed by atoms with Gasteiger partial charge in [-0.05, 0) is 49.2 Å². The van der Waals surface area contributed by atoms with Crippen LogP contribution in [0.1, 0.15) is 33.5 Å². The lowest BCUT2D eigenvalue weighted by molar-refractivity contribution is 0.102. The van der Waals surface area contributed by atoms with Crippen molar-refractivity contribution in [2.45, 2.75) is 26.9 Å². The number of benzene rings is 2. The summed E-state index contributed by atoms with van der Waals surface area (Å²) >= 11 is 1.40. The highest BCUT2D eigenvalue weighted by Gasteiger charge is 2.10. The number of carbonyl (C=O) groups excluding carboxylic acids is 1. The number of nitrogens with one attached hydrogen (secondary N) is 1. The highest BCUT2D eigenvalue weighted by molar-refractivity contribution is 7.16. The molecule has 2 aromatic heterocycles. The van der Waals surface area contributed by atoms with Crippen molar-refractivity contribution in [2.24, 2.45) is 0 Å². The van der Waals surface area contributed by atoms with E-state index in [9.17, 15) is 9.59 Å². The molecule has 0 aliphatic rings. The number of anilines is 1. The Labute approximate surface area is 177 Å². The third-order valence-electron chi connectivity index (χ3n) is 4.53. The van der Waals surface area contributed by atoms with Gasteiger partial charge in [-0.15, -0.1) is 0 Å². The van der Waals surface area contributed by atoms with Crippen molar-refractivity contribution >= 4 is 27.9 Å². The number of carbonyl (C=O) groups is 1. The average Bonchev–Trinajstić information content (AvgIpc) is 3.17. The molecule has 0 saturated heterocycles. The van der Waals surface area contributed by atoms with Crippen molar-refractivity contribution in [1.82, 2.24) is 14.6 Å². The van der Waals surface area contributed by atoms with Crippen LogP contribution in [0.4, 0.5) is 5.69 Å². The minimum Gasteiger partial charge on any atom is -0.487 e. The first-order chi connectivity index (χ1) is 14.5. The zero-order chi connectivity index (χ0) is 21.1. The molecule has 0 bridgehead atoms. The SMILES string of the molecule is CCc1nn2c(=O)cc(COc3ccc(NC(=O)c4ccccc4C)cc3)nc2s1. The largest absolute Gasteiger partial charge is 0.487 e. The molecule has 0 saturated carbocycles. The number of aromatic nitrogens is 3. The second-order valence-electron chi connectivity index (χ2n) is 6.71. The summed E-state index contributed by atoms with van der Waals surface area (Å²) in [7, 11) is 0. The Balaban J connectivity index is 1.41. The molecule has 0 spiro atoms. The number of fused-ring (bicyclic) bond motifs is 1. The quantitative estimate of drug-likeness (QED) is 0.512. The van der Waals surface area contributed by atoms with Crippen molar-refractivity contribution in [1.29, 1.82) is 0 Å². The van der Waals surface area contributed by atoms with Crippen LogP contribution in [-0.2, 0) is 13.0 Å². The summed E-state index contributed by atoms with van der Waals surface area (Å²) in [6.45, 7) is 4.05. The summed E-state index contributed by atoms with van der Waals surface area (Å²) in [6, 6.07) is 15.9. The van der Waals surface area contributed by atoms with E-state index in [1.807, 2.05) is 32.0 Å². The van der Waals surface area contributed by atoms with E-state index in [4.69, 9.17) is 4.74 Å². The average molecular weight is 420 g/mol. The predicted molar refractivity (Wildman–Crippen MR) is 116 cm³/mol. The van der Waals surface area contributed by atoms with Gasteiger partial charge in [-0.3, -0.25) is 9.59 Å². The first-order valence-electron chi connectivity index (χ1n) is 9.52. The number of hydrogen-bond donors (Lipinski definition) is 1. The molecule has 1 N–H and O–H groups in total. The van der Waals surface area contributed by atoms with E-state index in [1.165, 1.54) is 21.9 Å². The Morgan fingerprint density at radius 3 is 2.67 bits per heavy atom. The first kappa shape index (κ1) is 19.8. The predicted octanol–water partition coefficient (Wildman–Crippen LogP) is 3.85. The van der Waals surface area contributed by atoms with Gasteiger partial charge < -0.3 is 10.1 Å². The molecule has 152 valence electrons. The van der Waals surface area contributed by atoms with E-state index in [0.717, 1.165) is 17.0 Å². The molecular weight excluding hydrogens is 400 g/mol. The second-order valence-corrected chi connectivity index (χ2v) is 7.75. The molecule has 30 heavy (non-hydrogen) atoms.